The van der Waals surface area contributed by atoms with Gasteiger partial charge < -0.3 is 10.2 Å². The molecule has 0 aromatic carbocycles. The van der Waals surface area contributed by atoms with Gasteiger partial charge in [-0.15, -0.1) is 11.3 Å². The molecule has 2 nitrogen and oxygen atoms in total. The van der Waals surface area contributed by atoms with E-state index in [1.807, 2.05) is 0 Å². The van der Waals surface area contributed by atoms with E-state index < -0.39 is 0 Å². The second-order valence-electron chi connectivity index (χ2n) is 3.60. The summed E-state index contributed by atoms with van der Waals surface area (Å²) in [6.45, 7) is 2.22. The lowest BCUT2D eigenvalue weighted by atomic mass is 10.5. The molecule has 0 radical (unpaired) electrons. The molecule has 0 bridgehead atoms. The molecular formula is C10H16N2S. The van der Waals surface area contributed by atoms with Crippen LogP contribution < -0.4 is 10.2 Å². The molecule has 1 fully saturated rings. The molecule has 1 N–H and O–H groups in total. The van der Waals surface area contributed by atoms with Crippen LogP contribution in [0, 0.1) is 0 Å². The minimum absolute atomic E-state index is 0.830. The van der Waals surface area contributed by atoms with Crippen LogP contribution in [0.4, 0.5) is 5.00 Å². The summed E-state index contributed by atoms with van der Waals surface area (Å²) in [6, 6.07) is 5.10. The van der Waals surface area contributed by atoms with Crippen LogP contribution in [0.25, 0.3) is 0 Å². The smallest absolute Gasteiger partial charge is 0.0906 e. The van der Waals surface area contributed by atoms with Gasteiger partial charge in [0.1, 0.15) is 0 Å². The largest absolute Gasteiger partial charge is 0.365 e. The third-order valence-electron chi connectivity index (χ3n) is 2.34. The highest BCUT2D eigenvalue weighted by molar-refractivity contribution is 7.14. The van der Waals surface area contributed by atoms with Gasteiger partial charge in [-0.3, -0.25) is 0 Å². The predicted molar refractivity (Wildman–Crippen MR) is 58.6 cm³/mol. The Labute approximate surface area is 83.6 Å². The van der Waals surface area contributed by atoms with Gasteiger partial charge in [0.15, 0.2) is 0 Å². The summed E-state index contributed by atoms with van der Waals surface area (Å²) in [5.74, 6) is 0. The zero-order valence-electron chi connectivity index (χ0n) is 7.99. The molecule has 1 aliphatic carbocycles. The number of likely N-dealkylation sites (N-methyl/N-ethyl adjacent to an activating group) is 1. The Bertz CT molecular complexity index is 241. The van der Waals surface area contributed by atoms with Crippen molar-refractivity contribution < 1.29 is 0 Å². The predicted octanol–water partition coefficient (Wildman–Crippen LogP) is 1.94. The molecule has 72 valence electrons. The quantitative estimate of drug-likeness (QED) is 0.774. The molecule has 13 heavy (non-hydrogen) atoms. The normalized spacial score (nSPS) is 16.1. The van der Waals surface area contributed by atoms with E-state index >= 15 is 0 Å². The van der Waals surface area contributed by atoms with E-state index in [-0.39, 0.29) is 0 Å². The van der Waals surface area contributed by atoms with Gasteiger partial charge in [0.25, 0.3) is 0 Å². The molecule has 1 aliphatic rings. The van der Waals surface area contributed by atoms with Crippen LogP contribution in [0.2, 0.25) is 0 Å². The van der Waals surface area contributed by atoms with Crippen LogP contribution in [0.1, 0.15) is 12.8 Å². The van der Waals surface area contributed by atoms with Crippen molar-refractivity contribution in [2.24, 2.45) is 0 Å². The highest BCUT2D eigenvalue weighted by atomic mass is 32.1. The second-order valence-corrected chi connectivity index (χ2v) is 4.53. The molecule has 0 aliphatic heterocycles. The SMILES string of the molecule is CN(CCNC1CC1)c1cccs1. The monoisotopic (exact) mass is 196 g/mol. The summed E-state index contributed by atoms with van der Waals surface area (Å²) in [4.78, 5) is 2.31. The first-order valence-corrected chi connectivity index (χ1v) is 5.72. The summed E-state index contributed by atoms with van der Waals surface area (Å²) in [6.07, 6.45) is 2.76. The first-order valence-electron chi connectivity index (χ1n) is 4.84. The average Bonchev–Trinajstić information content (AvgIpc) is 2.80. The molecular weight excluding hydrogens is 180 g/mol. The van der Waals surface area contributed by atoms with E-state index in [0.717, 1.165) is 19.1 Å². The Balaban J connectivity index is 1.68. The lowest BCUT2D eigenvalue weighted by Gasteiger charge is -2.16. The summed E-state index contributed by atoms with van der Waals surface area (Å²) in [5, 5.41) is 7.00. The minimum Gasteiger partial charge on any atom is -0.365 e. The number of hydrogen-bond donors (Lipinski definition) is 1. The van der Waals surface area contributed by atoms with Crippen LogP contribution in [0.5, 0.6) is 0 Å². The van der Waals surface area contributed by atoms with E-state index in [9.17, 15) is 0 Å². The highest BCUT2D eigenvalue weighted by Crippen LogP contribution is 2.20. The van der Waals surface area contributed by atoms with E-state index in [2.05, 4.69) is 34.8 Å². The number of thiophene rings is 1. The van der Waals surface area contributed by atoms with Crippen molar-refractivity contribution in [3.05, 3.63) is 17.5 Å². The molecule has 0 amide bonds. The number of rotatable bonds is 5. The molecule has 0 saturated heterocycles. The third-order valence-corrected chi connectivity index (χ3v) is 3.32. The van der Waals surface area contributed by atoms with E-state index in [0.29, 0.717) is 0 Å². The van der Waals surface area contributed by atoms with E-state index in [4.69, 9.17) is 0 Å². The maximum atomic E-state index is 3.51. The fourth-order valence-electron chi connectivity index (χ4n) is 1.32. The molecule has 1 aromatic rings. The first kappa shape index (κ1) is 9.03. The lowest BCUT2D eigenvalue weighted by molar-refractivity contribution is 0.676. The van der Waals surface area contributed by atoms with Crippen molar-refractivity contribution in [1.82, 2.24) is 5.32 Å². The van der Waals surface area contributed by atoms with Gasteiger partial charge in [-0.2, -0.15) is 0 Å². The van der Waals surface area contributed by atoms with Gasteiger partial charge in [-0.1, -0.05) is 0 Å². The van der Waals surface area contributed by atoms with Crippen LogP contribution in [0.3, 0.4) is 0 Å². The topological polar surface area (TPSA) is 15.3 Å². The Morgan fingerprint density at radius 3 is 3.08 bits per heavy atom. The maximum Gasteiger partial charge on any atom is 0.0906 e. The van der Waals surface area contributed by atoms with Gasteiger partial charge in [0.2, 0.25) is 0 Å². The van der Waals surface area contributed by atoms with Crippen LogP contribution in [-0.2, 0) is 0 Å². The Hall–Kier alpha value is -0.540. The molecule has 3 heteroatoms. The highest BCUT2D eigenvalue weighted by Gasteiger charge is 2.19. The van der Waals surface area contributed by atoms with Gasteiger partial charge in [0, 0.05) is 26.2 Å². The summed E-state index contributed by atoms with van der Waals surface area (Å²) in [7, 11) is 2.15. The van der Waals surface area contributed by atoms with Crippen LogP contribution in [-0.4, -0.2) is 26.2 Å². The van der Waals surface area contributed by atoms with Crippen molar-refractivity contribution in [2.75, 3.05) is 25.0 Å². The standard InChI is InChI=1S/C10H16N2S/c1-12(10-3-2-8-13-10)7-6-11-9-4-5-9/h2-3,8-9,11H,4-7H2,1H3. The molecule has 0 unspecified atom stereocenters. The van der Waals surface area contributed by atoms with E-state index in [1.165, 1.54) is 17.8 Å². The maximum absolute atomic E-state index is 3.51. The molecule has 0 atom stereocenters. The zero-order chi connectivity index (χ0) is 9.10. The van der Waals surface area contributed by atoms with Gasteiger partial charge >= 0.3 is 0 Å². The Morgan fingerprint density at radius 2 is 2.46 bits per heavy atom. The van der Waals surface area contributed by atoms with Crippen LogP contribution in [0.15, 0.2) is 17.5 Å². The average molecular weight is 196 g/mol. The molecule has 1 heterocycles. The second kappa shape index (κ2) is 4.11. The first-order chi connectivity index (χ1) is 6.36. The lowest BCUT2D eigenvalue weighted by Crippen LogP contribution is -2.29. The third kappa shape index (κ3) is 2.71. The number of nitrogens with zero attached hydrogens (tertiary/aromatic N) is 1. The number of anilines is 1. The molecule has 1 saturated carbocycles. The summed E-state index contributed by atoms with van der Waals surface area (Å²) >= 11 is 1.80. The van der Waals surface area contributed by atoms with Gasteiger partial charge in [-0.05, 0) is 30.4 Å². The fourth-order valence-corrected chi connectivity index (χ4v) is 2.05. The summed E-state index contributed by atoms with van der Waals surface area (Å²) in [5.41, 5.74) is 0. The minimum atomic E-state index is 0.830. The molecule has 2 rings (SSSR count). The van der Waals surface area contributed by atoms with Crippen molar-refractivity contribution >= 4 is 16.3 Å². The van der Waals surface area contributed by atoms with E-state index in [1.54, 1.807) is 11.3 Å². The van der Waals surface area contributed by atoms with Gasteiger partial charge in [-0.25, -0.2) is 0 Å². The van der Waals surface area contributed by atoms with Crippen molar-refractivity contribution in [1.29, 1.82) is 0 Å². The van der Waals surface area contributed by atoms with Crippen molar-refractivity contribution in [3.63, 3.8) is 0 Å². The number of hydrogen-bond acceptors (Lipinski definition) is 3. The Morgan fingerprint density at radius 1 is 1.62 bits per heavy atom. The molecule has 1 aromatic heterocycles. The summed E-state index contributed by atoms with van der Waals surface area (Å²) < 4.78 is 0. The molecule has 0 spiro atoms. The van der Waals surface area contributed by atoms with Crippen molar-refractivity contribution in [2.45, 2.75) is 18.9 Å². The number of nitrogens with one attached hydrogen (secondary N) is 1. The fraction of sp³-hybridized carbons (Fsp3) is 0.600. The van der Waals surface area contributed by atoms with Crippen LogP contribution >= 0.6 is 11.3 Å². The van der Waals surface area contributed by atoms with Crippen molar-refractivity contribution in [3.8, 4) is 0 Å². The van der Waals surface area contributed by atoms with Gasteiger partial charge in [0.05, 0.1) is 5.00 Å². The zero-order valence-corrected chi connectivity index (χ0v) is 8.81. The Kier molecular flexibility index (Phi) is 2.86.